The van der Waals surface area contributed by atoms with Gasteiger partial charge in [-0.1, -0.05) is 13.8 Å². The molecule has 0 saturated heterocycles. The van der Waals surface area contributed by atoms with E-state index >= 15 is 0 Å². The highest BCUT2D eigenvalue weighted by molar-refractivity contribution is 14.0. The molecule has 1 aromatic rings. The molecule has 4 nitrogen and oxygen atoms in total. The van der Waals surface area contributed by atoms with Crippen molar-refractivity contribution in [3.8, 4) is 0 Å². The maximum Gasteiger partial charge on any atom is 0.191 e. The Labute approximate surface area is 149 Å². The van der Waals surface area contributed by atoms with Crippen LogP contribution in [0.25, 0.3) is 0 Å². The summed E-state index contributed by atoms with van der Waals surface area (Å²) in [5, 5.41) is 6.54. The van der Waals surface area contributed by atoms with Gasteiger partial charge in [0, 0.05) is 29.5 Å². The molecule has 122 valence electrons. The van der Waals surface area contributed by atoms with Crippen LogP contribution in [0.5, 0.6) is 0 Å². The lowest BCUT2D eigenvalue weighted by atomic mass is 10.2. The summed E-state index contributed by atoms with van der Waals surface area (Å²) >= 11 is 1.80. The van der Waals surface area contributed by atoms with E-state index < -0.39 is 0 Å². The number of aliphatic imine (C=N–C) groups is 1. The van der Waals surface area contributed by atoms with Crippen molar-refractivity contribution in [2.24, 2.45) is 10.9 Å². The monoisotopic (exact) mass is 425 g/mol. The first-order valence-electron chi connectivity index (χ1n) is 7.27. The molecule has 2 N–H and O–H groups in total. The minimum absolute atomic E-state index is 0. The van der Waals surface area contributed by atoms with Gasteiger partial charge in [0.2, 0.25) is 0 Å². The second-order valence-corrected chi connectivity index (χ2v) is 6.48. The summed E-state index contributed by atoms with van der Waals surface area (Å²) in [5.41, 5.74) is 0. The van der Waals surface area contributed by atoms with Crippen LogP contribution in [0.2, 0.25) is 0 Å². The Bertz CT molecular complexity index is 407. The zero-order chi connectivity index (χ0) is 14.8. The van der Waals surface area contributed by atoms with Crippen LogP contribution in [0, 0.1) is 12.8 Å². The number of aryl methyl sites for hydroxylation is 1. The normalized spacial score (nSPS) is 11.4. The van der Waals surface area contributed by atoms with E-state index in [2.05, 4.69) is 55.5 Å². The molecule has 0 spiro atoms. The Kier molecular flexibility index (Phi) is 12.0. The fourth-order valence-electron chi connectivity index (χ4n) is 1.63. The van der Waals surface area contributed by atoms with Crippen molar-refractivity contribution >= 4 is 41.3 Å². The molecule has 0 amide bonds. The predicted octanol–water partition coefficient (Wildman–Crippen LogP) is 3.40. The lowest BCUT2D eigenvalue weighted by Crippen LogP contribution is -2.39. The molecule has 6 heteroatoms. The highest BCUT2D eigenvalue weighted by Gasteiger charge is 1.99. The summed E-state index contributed by atoms with van der Waals surface area (Å²) in [7, 11) is 0. The molecule has 1 aromatic heterocycles. The van der Waals surface area contributed by atoms with Gasteiger partial charge in [0.15, 0.2) is 5.96 Å². The fourth-order valence-corrected chi connectivity index (χ4v) is 2.44. The number of halogens is 1. The third-order valence-corrected chi connectivity index (χ3v) is 3.51. The van der Waals surface area contributed by atoms with Gasteiger partial charge in [-0.25, -0.2) is 4.99 Å². The molecule has 1 rings (SSSR count). The second-order valence-electron chi connectivity index (χ2n) is 5.10. The zero-order valence-corrected chi connectivity index (χ0v) is 16.6. The van der Waals surface area contributed by atoms with Gasteiger partial charge in [0.1, 0.15) is 0 Å². The highest BCUT2D eigenvalue weighted by atomic mass is 127. The van der Waals surface area contributed by atoms with Gasteiger partial charge < -0.3 is 15.4 Å². The van der Waals surface area contributed by atoms with Crippen molar-refractivity contribution in [1.29, 1.82) is 0 Å². The number of hydrogen-bond acceptors (Lipinski definition) is 3. The van der Waals surface area contributed by atoms with Crippen LogP contribution in [0.4, 0.5) is 0 Å². The van der Waals surface area contributed by atoms with Gasteiger partial charge in [-0.2, -0.15) is 0 Å². The lowest BCUT2D eigenvalue weighted by molar-refractivity contribution is 0.114. The number of guanidine groups is 1. The zero-order valence-electron chi connectivity index (χ0n) is 13.4. The third-order valence-electron chi connectivity index (χ3n) is 2.52. The van der Waals surface area contributed by atoms with Crippen molar-refractivity contribution < 1.29 is 4.74 Å². The van der Waals surface area contributed by atoms with Crippen molar-refractivity contribution in [2.45, 2.75) is 34.2 Å². The first-order valence-corrected chi connectivity index (χ1v) is 8.08. The topological polar surface area (TPSA) is 45.7 Å². The number of ether oxygens (including phenoxy) is 1. The first-order chi connectivity index (χ1) is 9.61. The van der Waals surface area contributed by atoms with Crippen molar-refractivity contribution in [2.75, 3.05) is 26.3 Å². The maximum absolute atomic E-state index is 5.55. The minimum Gasteiger partial charge on any atom is -0.379 e. The number of nitrogens with one attached hydrogen (secondary N) is 2. The number of thiophene rings is 1. The van der Waals surface area contributed by atoms with E-state index in [1.165, 1.54) is 9.75 Å². The summed E-state index contributed by atoms with van der Waals surface area (Å²) in [6, 6.07) is 4.27. The van der Waals surface area contributed by atoms with E-state index in [0.717, 1.165) is 32.2 Å². The van der Waals surface area contributed by atoms with Crippen LogP contribution in [-0.4, -0.2) is 32.3 Å². The molecule has 0 saturated carbocycles. The quantitative estimate of drug-likeness (QED) is 0.291. The van der Waals surface area contributed by atoms with Crippen molar-refractivity contribution in [3.63, 3.8) is 0 Å². The molecule has 1 heterocycles. The van der Waals surface area contributed by atoms with Gasteiger partial charge in [0.05, 0.1) is 13.2 Å². The first kappa shape index (κ1) is 20.7. The van der Waals surface area contributed by atoms with E-state index in [0.29, 0.717) is 12.5 Å². The summed E-state index contributed by atoms with van der Waals surface area (Å²) < 4.78 is 5.55. The Morgan fingerprint density at radius 1 is 1.33 bits per heavy atom. The van der Waals surface area contributed by atoms with Gasteiger partial charge in [-0.15, -0.1) is 35.3 Å². The SMILES string of the molecule is CCNC(=NCc1ccc(C)s1)NCCOCC(C)C.I. The average Bonchev–Trinajstić information content (AvgIpc) is 2.81. The van der Waals surface area contributed by atoms with Gasteiger partial charge in [-0.3, -0.25) is 0 Å². The molecule has 21 heavy (non-hydrogen) atoms. The molecule has 0 atom stereocenters. The second kappa shape index (κ2) is 12.2. The molecule has 0 radical (unpaired) electrons. The van der Waals surface area contributed by atoms with Crippen molar-refractivity contribution in [1.82, 2.24) is 10.6 Å². The molecule has 0 fully saturated rings. The Hall–Kier alpha value is -0.340. The van der Waals surface area contributed by atoms with Gasteiger partial charge in [0.25, 0.3) is 0 Å². The fraction of sp³-hybridized carbons (Fsp3) is 0.667. The molecule has 0 aromatic carbocycles. The number of nitrogens with zero attached hydrogens (tertiary/aromatic N) is 1. The molecule has 0 aliphatic heterocycles. The molecule has 0 aliphatic rings. The molecule has 0 aliphatic carbocycles. The van der Waals surface area contributed by atoms with Crippen LogP contribution < -0.4 is 10.6 Å². The smallest absolute Gasteiger partial charge is 0.191 e. The van der Waals surface area contributed by atoms with E-state index in [-0.39, 0.29) is 24.0 Å². The number of rotatable bonds is 8. The van der Waals surface area contributed by atoms with E-state index in [9.17, 15) is 0 Å². The van der Waals surface area contributed by atoms with Crippen LogP contribution in [-0.2, 0) is 11.3 Å². The summed E-state index contributed by atoms with van der Waals surface area (Å²) in [5.74, 6) is 1.44. The molecule has 0 unspecified atom stereocenters. The predicted molar refractivity (Wildman–Crippen MR) is 103 cm³/mol. The Balaban J connectivity index is 0.00000400. The third kappa shape index (κ3) is 10.1. The lowest BCUT2D eigenvalue weighted by Gasteiger charge is -2.12. The highest BCUT2D eigenvalue weighted by Crippen LogP contribution is 2.15. The van der Waals surface area contributed by atoms with Crippen LogP contribution in [0.3, 0.4) is 0 Å². The molecule has 0 bridgehead atoms. The van der Waals surface area contributed by atoms with Gasteiger partial charge in [-0.05, 0) is 31.9 Å². The summed E-state index contributed by atoms with van der Waals surface area (Å²) in [6.07, 6.45) is 0. The Morgan fingerprint density at radius 3 is 2.67 bits per heavy atom. The van der Waals surface area contributed by atoms with Gasteiger partial charge >= 0.3 is 0 Å². The standard InChI is InChI=1S/C15H27N3OS.HI/c1-5-16-15(17-8-9-19-11-12(2)3)18-10-14-7-6-13(4)20-14;/h6-7,12H,5,8-11H2,1-4H3,(H2,16,17,18);1H. The van der Waals surface area contributed by atoms with Crippen LogP contribution >= 0.6 is 35.3 Å². The molecular weight excluding hydrogens is 397 g/mol. The minimum atomic E-state index is 0. The Morgan fingerprint density at radius 2 is 2.10 bits per heavy atom. The van der Waals surface area contributed by atoms with Crippen molar-refractivity contribution in [3.05, 3.63) is 21.9 Å². The largest absolute Gasteiger partial charge is 0.379 e. The van der Waals surface area contributed by atoms with E-state index in [4.69, 9.17) is 4.74 Å². The van der Waals surface area contributed by atoms with E-state index in [1.54, 1.807) is 11.3 Å². The summed E-state index contributed by atoms with van der Waals surface area (Å²) in [6.45, 7) is 12.4. The number of hydrogen-bond donors (Lipinski definition) is 2. The average molecular weight is 425 g/mol. The summed E-state index contributed by atoms with van der Waals surface area (Å²) in [4.78, 5) is 7.20. The maximum atomic E-state index is 5.55. The van der Waals surface area contributed by atoms with Crippen LogP contribution in [0.15, 0.2) is 17.1 Å². The molecular formula is C15H28IN3OS. The van der Waals surface area contributed by atoms with E-state index in [1.807, 2.05) is 0 Å². The van der Waals surface area contributed by atoms with Crippen LogP contribution in [0.1, 0.15) is 30.5 Å².